The van der Waals surface area contributed by atoms with E-state index in [0.29, 0.717) is 23.8 Å². The predicted molar refractivity (Wildman–Crippen MR) is 110 cm³/mol. The smallest absolute Gasteiger partial charge is 0.430 e. The maximum atomic E-state index is 12.1. The lowest BCUT2D eigenvalue weighted by Gasteiger charge is -2.35. The number of oxime groups is 1. The summed E-state index contributed by atoms with van der Waals surface area (Å²) < 4.78 is 5.29. The molecule has 1 fully saturated rings. The number of halogens is 1. The van der Waals surface area contributed by atoms with Gasteiger partial charge in [-0.05, 0) is 36.4 Å². The molecule has 0 aliphatic carbocycles. The van der Waals surface area contributed by atoms with Gasteiger partial charge in [-0.2, -0.15) is 0 Å². The topological polar surface area (TPSA) is 72.4 Å². The van der Waals surface area contributed by atoms with Crippen molar-refractivity contribution in [1.29, 1.82) is 0 Å². The summed E-state index contributed by atoms with van der Waals surface area (Å²) in [6, 6.07) is 14.7. The molecule has 1 saturated heterocycles. The van der Waals surface area contributed by atoms with Crippen LogP contribution in [0, 0.1) is 0 Å². The second-order valence-corrected chi connectivity index (χ2v) is 7.60. The van der Waals surface area contributed by atoms with Crippen LogP contribution in [0.4, 0.5) is 10.5 Å². The van der Waals surface area contributed by atoms with Gasteiger partial charge in [-0.3, -0.25) is 5.32 Å². The SMILES string of the molecule is COc1cccc(C2=NOC3(CCN(OC(=O)Nc4ccc(Cl)cc4)CC3)C2)c1. The van der Waals surface area contributed by atoms with Crippen LogP contribution in [0.2, 0.25) is 5.02 Å². The minimum atomic E-state index is -0.524. The minimum Gasteiger partial charge on any atom is -0.497 e. The molecule has 0 radical (unpaired) electrons. The number of benzene rings is 2. The normalized spacial score (nSPS) is 18.1. The fourth-order valence-electron chi connectivity index (χ4n) is 3.52. The van der Waals surface area contributed by atoms with Crippen LogP contribution in [0.15, 0.2) is 53.7 Å². The summed E-state index contributed by atoms with van der Waals surface area (Å²) in [5, 5.41) is 9.27. The van der Waals surface area contributed by atoms with Gasteiger partial charge in [0.2, 0.25) is 0 Å². The Morgan fingerprint density at radius 2 is 1.97 bits per heavy atom. The van der Waals surface area contributed by atoms with E-state index >= 15 is 0 Å². The third-order valence-corrected chi connectivity index (χ3v) is 5.43. The van der Waals surface area contributed by atoms with Gasteiger partial charge in [0.15, 0.2) is 0 Å². The van der Waals surface area contributed by atoms with Gasteiger partial charge >= 0.3 is 6.09 Å². The molecule has 152 valence electrons. The van der Waals surface area contributed by atoms with Gasteiger partial charge in [0.1, 0.15) is 11.4 Å². The van der Waals surface area contributed by atoms with Crippen LogP contribution in [0.1, 0.15) is 24.8 Å². The second kappa shape index (κ2) is 8.31. The third kappa shape index (κ3) is 4.63. The fourth-order valence-corrected chi connectivity index (χ4v) is 3.65. The molecule has 1 amide bonds. The van der Waals surface area contributed by atoms with Crippen LogP contribution in [0.5, 0.6) is 5.75 Å². The largest absolute Gasteiger partial charge is 0.497 e. The van der Waals surface area contributed by atoms with Crippen LogP contribution < -0.4 is 10.1 Å². The van der Waals surface area contributed by atoms with Crippen molar-refractivity contribution < 1.29 is 19.2 Å². The number of hydrogen-bond donors (Lipinski definition) is 1. The number of nitrogens with one attached hydrogen (secondary N) is 1. The Labute approximate surface area is 174 Å². The van der Waals surface area contributed by atoms with E-state index < -0.39 is 6.09 Å². The maximum absolute atomic E-state index is 12.1. The van der Waals surface area contributed by atoms with Crippen LogP contribution in [0.3, 0.4) is 0 Å². The summed E-state index contributed by atoms with van der Waals surface area (Å²) >= 11 is 5.85. The first-order chi connectivity index (χ1) is 14.0. The van der Waals surface area contributed by atoms with Crippen LogP contribution >= 0.6 is 11.6 Å². The van der Waals surface area contributed by atoms with E-state index in [4.69, 9.17) is 26.0 Å². The van der Waals surface area contributed by atoms with Crippen LogP contribution in [-0.4, -0.2) is 42.7 Å². The van der Waals surface area contributed by atoms with Crippen molar-refractivity contribution in [3.8, 4) is 5.75 Å². The molecule has 2 aliphatic rings. The summed E-state index contributed by atoms with van der Waals surface area (Å²) in [5.41, 5.74) is 2.20. The Balaban J connectivity index is 1.28. The van der Waals surface area contributed by atoms with E-state index in [2.05, 4.69) is 10.5 Å². The number of hydrogen-bond acceptors (Lipinski definition) is 6. The molecule has 0 atom stereocenters. The highest BCUT2D eigenvalue weighted by atomic mass is 35.5. The van der Waals surface area contributed by atoms with Crippen molar-refractivity contribution in [3.63, 3.8) is 0 Å². The molecule has 1 N–H and O–H groups in total. The molecule has 8 heteroatoms. The van der Waals surface area contributed by atoms with Crippen molar-refractivity contribution in [2.45, 2.75) is 24.9 Å². The molecule has 29 heavy (non-hydrogen) atoms. The van der Waals surface area contributed by atoms with E-state index in [1.807, 2.05) is 24.3 Å². The standard InChI is InChI=1S/C21H22ClN3O4/c1-27-18-4-2-3-15(13-18)19-14-21(29-24-19)9-11-25(12-10-21)28-20(26)23-17-7-5-16(22)6-8-17/h2-8,13H,9-12,14H2,1H3,(H,23,26). The molecule has 0 unspecified atom stereocenters. The third-order valence-electron chi connectivity index (χ3n) is 5.18. The first-order valence-electron chi connectivity index (χ1n) is 9.44. The number of ether oxygens (including phenoxy) is 1. The molecular weight excluding hydrogens is 394 g/mol. The fraction of sp³-hybridized carbons (Fsp3) is 0.333. The van der Waals surface area contributed by atoms with Gasteiger partial charge in [-0.1, -0.05) is 28.9 Å². The lowest BCUT2D eigenvalue weighted by Crippen LogP contribution is -2.45. The average molecular weight is 416 g/mol. The van der Waals surface area contributed by atoms with Crippen molar-refractivity contribution in [1.82, 2.24) is 5.06 Å². The molecule has 1 spiro atoms. The summed E-state index contributed by atoms with van der Waals surface area (Å²) in [4.78, 5) is 23.3. The number of rotatable bonds is 4. The number of anilines is 1. The van der Waals surface area contributed by atoms with Crippen molar-refractivity contribution in [2.75, 3.05) is 25.5 Å². The van der Waals surface area contributed by atoms with E-state index in [1.165, 1.54) is 0 Å². The predicted octanol–water partition coefficient (Wildman–Crippen LogP) is 4.47. The molecule has 0 bridgehead atoms. The highest BCUT2D eigenvalue weighted by molar-refractivity contribution is 6.30. The molecule has 2 aromatic rings. The summed E-state index contributed by atoms with van der Waals surface area (Å²) in [6.07, 6.45) is 1.64. The van der Waals surface area contributed by atoms with Gasteiger partial charge < -0.3 is 14.4 Å². The van der Waals surface area contributed by atoms with Gasteiger partial charge in [0.05, 0.1) is 12.8 Å². The van der Waals surface area contributed by atoms with Crippen molar-refractivity contribution in [2.24, 2.45) is 5.16 Å². The zero-order valence-corrected chi connectivity index (χ0v) is 16.8. The van der Waals surface area contributed by atoms with Gasteiger partial charge in [0.25, 0.3) is 0 Å². The van der Waals surface area contributed by atoms with E-state index in [0.717, 1.165) is 36.3 Å². The monoisotopic (exact) mass is 415 g/mol. The number of nitrogens with zero attached hydrogens (tertiary/aromatic N) is 2. The number of carbonyl (C=O) groups is 1. The Hall–Kier alpha value is -2.77. The zero-order chi connectivity index (χ0) is 20.3. The van der Waals surface area contributed by atoms with Crippen molar-refractivity contribution in [3.05, 3.63) is 59.1 Å². The Bertz CT molecular complexity index is 908. The Morgan fingerprint density at radius 3 is 2.69 bits per heavy atom. The lowest BCUT2D eigenvalue weighted by molar-refractivity contribution is -0.154. The number of piperidine rings is 1. The van der Waals surface area contributed by atoms with Gasteiger partial charge in [0, 0.05) is 48.6 Å². The highest BCUT2D eigenvalue weighted by Gasteiger charge is 2.43. The number of methoxy groups -OCH3 is 1. The van der Waals surface area contributed by atoms with Crippen LogP contribution in [0.25, 0.3) is 0 Å². The number of hydroxylamine groups is 2. The molecule has 7 nitrogen and oxygen atoms in total. The molecule has 0 aromatic heterocycles. The van der Waals surface area contributed by atoms with Gasteiger partial charge in [-0.15, -0.1) is 5.06 Å². The Morgan fingerprint density at radius 1 is 1.21 bits per heavy atom. The average Bonchev–Trinajstić information content (AvgIpc) is 3.15. The van der Waals surface area contributed by atoms with Crippen LogP contribution in [-0.2, 0) is 9.68 Å². The first kappa shape index (κ1) is 19.5. The lowest BCUT2D eigenvalue weighted by atomic mass is 9.86. The molecule has 4 rings (SSSR count). The number of carbonyl (C=O) groups excluding carboxylic acids is 1. The Kier molecular flexibility index (Phi) is 5.60. The summed E-state index contributed by atoms with van der Waals surface area (Å²) in [7, 11) is 1.65. The maximum Gasteiger partial charge on any atom is 0.430 e. The van der Waals surface area contributed by atoms with E-state index in [-0.39, 0.29) is 5.60 Å². The molecular formula is C21H22ClN3O4. The first-order valence-corrected chi connectivity index (χ1v) is 9.82. The summed E-state index contributed by atoms with van der Waals surface area (Å²) in [6.45, 7) is 1.16. The highest BCUT2D eigenvalue weighted by Crippen LogP contribution is 2.36. The molecule has 2 aliphatic heterocycles. The molecule has 2 heterocycles. The van der Waals surface area contributed by atoms with E-state index in [1.54, 1.807) is 36.4 Å². The molecule has 2 aromatic carbocycles. The molecule has 0 saturated carbocycles. The summed E-state index contributed by atoms with van der Waals surface area (Å²) in [5.74, 6) is 0.793. The zero-order valence-electron chi connectivity index (χ0n) is 16.1. The van der Waals surface area contributed by atoms with E-state index in [9.17, 15) is 4.79 Å². The number of amides is 1. The second-order valence-electron chi connectivity index (χ2n) is 7.16. The van der Waals surface area contributed by atoms with Gasteiger partial charge in [-0.25, -0.2) is 4.79 Å². The quantitative estimate of drug-likeness (QED) is 0.797. The minimum absolute atomic E-state index is 0.342. The van der Waals surface area contributed by atoms with Crippen molar-refractivity contribution >= 4 is 29.1 Å².